The van der Waals surface area contributed by atoms with E-state index in [9.17, 15) is 23.9 Å². The van der Waals surface area contributed by atoms with E-state index in [1.807, 2.05) is 0 Å². The summed E-state index contributed by atoms with van der Waals surface area (Å²) in [4.78, 5) is 40.0. The molecule has 1 aliphatic carbocycles. The molecule has 1 fully saturated rings. The van der Waals surface area contributed by atoms with Crippen molar-refractivity contribution in [1.82, 2.24) is 14.0 Å². The molecule has 1 aliphatic heterocycles. The Bertz CT molecular complexity index is 1020. The molecule has 0 atom stereocenters. The Morgan fingerprint density at radius 2 is 1.68 bits per heavy atom. The lowest BCUT2D eigenvalue weighted by Crippen LogP contribution is -2.50. The summed E-state index contributed by atoms with van der Waals surface area (Å²) in [6.07, 6.45) is 4.38. The summed E-state index contributed by atoms with van der Waals surface area (Å²) in [5.41, 5.74) is -0.851. The number of carbonyl (C=O) groups excluding carboxylic acids is 1. The number of amides is 1. The molecule has 4 rings (SSSR count). The molecule has 2 aromatic rings. The molecule has 0 unspecified atom stereocenters. The Morgan fingerprint density at radius 3 is 2.36 bits per heavy atom. The fourth-order valence-electron chi connectivity index (χ4n) is 4.17. The Hall–Kier alpha value is -2.90. The van der Waals surface area contributed by atoms with Crippen molar-refractivity contribution in [3.05, 3.63) is 62.2 Å². The van der Waals surface area contributed by atoms with E-state index in [1.165, 1.54) is 21.6 Å². The van der Waals surface area contributed by atoms with Gasteiger partial charge in [-0.25, -0.2) is 9.18 Å². The van der Waals surface area contributed by atoms with Crippen molar-refractivity contribution in [2.45, 2.75) is 51.2 Å². The number of benzene rings is 1. The summed E-state index contributed by atoms with van der Waals surface area (Å²) in [5.74, 6) is -1.61. The Balaban J connectivity index is 1.70. The lowest BCUT2D eigenvalue weighted by Gasteiger charge is -2.31. The van der Waals surface area contributed by atoms with E-state index < -0.39 is 22.9 Å². The van der Waals surface area contributed by atoms with Crippen LogP contribution in [0.1, 0.15) is 54.2 Å². The summed E-state index contributed by atoms with van der Waals surface area (Å²) < 4.78 is 15.4. The number of halogens is 1. The summed E-state index contributed by atoms with van der Waals surface area (Å²) >= 11 is 0. The highest BCUT2D eigenvalue weighted by molar-refractivity contribution is 5.95. The van der Waals surface area contributed by atoms with Gasteiger partial charge < -0.3 is 10.0 Å². The minimum atomic E-state index is -0.792. The first kappa shape index (κ1) is 18.5. The first-order chi connectivity index (χ1) is 13.5. The standard InChI is InChI=1S/C20H22FN3O4/c21-14-8-6-13(7-9-14)12-22-10-11-23-16(18(22)26)17(25)19(27)24(20(23)28)15-4-2-1-3-5-15/h6-9,15,25H,1-5,10-12H2. The van der Waals surface area contributed by atoms with Gasteiger partial charge in [0.1, 0.15) is 5.82 Å². The quantitative estimate of drug-likeness (QED) is 0.873. The van der Waals surface area contributed by atoms with Gasteiger partial charge in [0.15, 0.2) is 5.69 Å². The van der Waals surface area contributed by atoms with Crippen LogP contribution in [0.3, 0.4) is 0 Å². The molecule has 7 nitrogen and oxygen atoms in total. The van der Waals surface area contributed by atoms with Crippen LogP contribution in [0.5, 0.6) is 5.75 Å². The summed E-state index contributed by atoms with van der Waals surface area (Å²) in [6, 6.07) is 5.53. The Labute approximate surface area is 160 Å². The molecule has 0 bridgehead atoms. The van der Waals surface area contributed by atoms with Gasteiger partial charge in [-0.05, 0) is 30.5 Å². The van der Waals surface area contributed by atoms with Crippen LogP contribution in [0.2, 0.25) is 0 Å². The van der Waals surface area contributed by atoms with E-state index in [1.54, 1.807) is 12.1 Å². The fraction of sp³-hybridized carbons (Fsp3) is 0.450. The van der Waals surface area contributed by atoms with E-state index >= 15 is 0 Å². The molecular weight excluding hydrogens is 365 g/mol. The molecular formula is C20H22FN3O4. The van der Waals surface area contributed by atoms with Crippen molar-refractivity contribution in [2.24, 2.45) is 0 Å². The van der Waals surface area contributed by atoms with Crippen molar-refractivity contribution in [3.63, 3.8) is 0 Å². The monoisotopic (exact) mass is 387 g/mol. The zero-order valence-electron chi connectivity index (χ0n) is 15.4. The third kappa shape index (κ3) is 3.12. The maximum atomic E-state index is 13.1. The Morgan fingerprint density at radius 1 is 1.00 bits per heavy atom. The van der Waals surface area contributed by atoms with Crippen LogP contribution >= 0.6 is 0 Å². The summed E-state index contributed by atoms with van der Waals surface area (Å²) in [5, 5.41) is 10.5. The number of fused-ring (bicyclic) bond motifs is 1. The van der Waals surface area contributed by atoms with Gasteiger partial charge in [-0.2, -0.15) is 0 Å². The van der Waals surface area contributed by atoms with Crippen LogP contribution in [0.25, 0.3) is 0 Å². The smallest absolute Gasteiger partial charge is 0.332 e. The lowest BCUT2D eigenvalue weighted by atomic mass is 9.95. The van der Waals surface area contributed by atoms with Crippen LogP contribution in [0, 0.1) is 5.82 Å². The van der Waals surface area contributed by atoms with Crippen LogP contribution < -0.4 is 11.2 Å². The highest BCUT2D eigenvalue weighted by atomic mass is 19.1. The van der Waals surface area contributed by atoms with Crippen molar-refractivity contribution < 1.29 is 14.3 Å². The third-order valence-electron chi connectivity index (χ3n) is 5.66. The molecule has 148 valence electrons. The van der Waals surface area contributed by atoms with Gasteiger partial charge in [-0.1, -0.05) is 31.4 Å². The maximum Gasteiger partial charge on any atom is 0.332 e. The minimum Gasteiger partial charge on any atom is -0.501 e. The third-order valence-corrected chi connectivity index (χ3v) is 5.66. The van der Waals surface area contributed by atoms with E-state index in [0.29, 0.717) is 0 Å². The largest absolute Gasteiger partial charge is 0.501 e. The van der Waals surface area contributed by atoms with Gasteiger partial charge in [0, 0.05) is 25.7 Å². The lowest BCUT2D eigenvalue weighted by molar-refractivity contribution is 0.0676. The van der Waals surface area contributed by atoms with Gasteiger partial charge in [-0.3, -0.25) is 18.7 Å². The number of aromatic nitrogens is 2. The molecule has 2 heterocycles. The molecule has 0 saturated heterocycles. The minimum absolute atomic E-state index is 0.196. The van der Waals surface area contributed by atoms with Crippen LogP contribution in [0.15, 0.2) is 33.9 Å². The van der Waals surface area contributed by atoms with Gasteiger partial charge >= 0.3 is 5.69 Å². The Kier molecular flexibility index (Phi) is 4.78. The van der Waals surface area contributed by atoms with E-state index in [4.69, 9.17) is 0 Å². The number of hydrogen-bond acceptors (Lipinski definition) is 4. The number of aromatic hydroxyl groups is 1. The van der Waals surface area contributed by atoms with Gasteiger partial charge in [0.25, 0.3) is 11.5 Å². The summed E-state index contributed by atoms with van der Waals surface area (Å²) in [6.45, 7) is 0.672. The number of nitrogens with zero attached hydrogens (tertiary/aromatic N) is 3. The van der Waals surface area contributed by atoms with Crippen LogP contribution in [-0.2, 0) is 13.1 Å². The van der Waals surface area contributed by atoms with Crippen LogP contribution in [0.4, 0.5) is 4.39 Å². The molecule has 8 heteroatoms. The SMILES string of the molecule is O=C1c2c(O)c(=O)n(C3CCCCC3)c(=O)n2CCN1Cc1ccc(F)cc1. The molecule has 1 N–H and O–H groups in total. The first-order valence-corrected chi connectivity index (χ1v) is 9.59. The highest BCUT2D eigenvalue weighted by Crippen LogP contribution is 2.27. The van der Waals surface area contributed by atoms with E-state index in [0.717, 1.165) is 42.2 Å². The first-order valence-electron chi connectivity index (χ1n) is 9.59. The van der Waals surface area contributed by atoms with Crippen molar-refractivity contribution >= 4 is 5.91 Å². The zero-order valence-corrected chi connectivity index (χ0v) is 15.4. The maximum absolute atomic E-state index is 13.1. The topological polar surface area (TPSA) is 84.5 Å². The second-order valence-electron chi connectivity index (χ2n) is 7.45. The average Bonchev–Trinajstić information content (AvgIpc) is 2.70. The molecule has 28 heavy (non-hydrogen) atoms. The summed E-state index contributed by atoms with van der Waals surface area (Å²) in [7, 11) is 0. The number of hydrogen-bond donors (Lipinski definition) is 1. The fourth-order valence-corrected chi connectivity index (χ4v) is 4.17. The molecule has 1 saturated carbocycles. The van der Waals surface area contributed by atoms with Crippen LogP contribution in [-0.4, -0.2) is 31.6 Å². The second kappa shape index (κ2) is 7.26. The molecule has 1 aromatic heterocycles. The molecule has 1 amide bonds. The molecule has 1 aromatic carbocycles. The predicted molar refractivity (Wildman–Crippen MR) is 99.9 cm³/mol. The highest BCUT2D eigenvalue weighted by Gasteiger charge is 2.33. The second-order valence-corrected chi connectivity index (χ2v) is 7.45. The normalized spacial score (nSPS) is 17.6. The number of rotatable bonds is 3. The predicted octanol–water partition coefficient (Wildman–Crippen LogP) is 2.02. The van der Waals surface area contributed by atoms with Crippen molar-refractivity contribution in [2.75, 3.05) is 6.54 Å². The zero-order chi connectivity index (χ0) is 19.8. The average molecular weight is 387 g/mol. The molecule has 0 radical (unpaired) electrons. The van der Waals surface area contributed by atoms with Crippen molar-refractivity contribution in [3.8, 4) is 5.75 Å². The van der Waals surface area contributed by atoms with E-state index in [2.05, 4.69) is 0 Å². The van der Waals surface area contributed by atoms with Gasteiger partial charge in [-0.15, -0.1) is 0 Å². The van der Waals surface area contributed by atoms with Crippen molar-refractivity contribution in [1.29, 1.82) is 0 Å². The van der Waals surface area contributed by atoms with E-state index in [-0.39, 0.29) is 37.2 Å². The van der Waals surface area contributed by atoms with Gasteiger partial charge in [0.05, 0.1) is 0 Å². The van der Waals surface area contributed by atoms with Gasteiger partial charge in [0.2, 0.25) is 5.75 Å². The molecule has 0 spiro atoms. The molecule has 2 aliphatic rings. The number of carbonyl (C=O) groups is 1.